The van der Waals surface area contributed by atoms with E-state index < -0.39 is 0 Å². The lowest BCUT2D eigenvalue weighted by molar-refractivity contribution is 0.238. The average molecular weight is 470 g/mol. The zero-order chi connectivity index (χ0) is 24.4. The van der Waals surface area contributed by atoms with Gasteiger partial charge >= 0.3 is 0 Å². The molecule has 3 aromatic rings. The number of ether oxygens (including phenoxy) is 1. The first kappa shape index (κ1) is 23.5. The minimum atomic E-state index is -0.126. The van der Waals surface area contributed by atoms with E-state index in [1.807, 2.05) is 24.3 Å². The molecule has 35 heavy (non-hydrogen) atoms. The molecule has 1 unspecified atom stereocenters. The number of fused-ring (bicyclic) bond motifs is 1. The summed E-state index contributed by atoms with van der Waals surface area (Å²) in [5, 5.41) is 14.1. The summed E-state index contributed by atoms with van der Waals surface area (Å²) in [4.78, 5) is 7.29. The quantitative estimate of drug-likeness (QED) is 0.564. The van der Waals surface area contributed by atoms with Gasteiger partial charge in [0, 0.05) is 23.7 Å². The van der Waals surface area contributed by atoms with Crippen molar-refractivity contribution in [3.8, 4) is 5.75 Å². The molecule has 0 saturated carbocycles. The second-order valence-corrected chi connectivity index (χ2v) is 10.2. The minimum Gasteiger partial charge on any atom is -0.492 e. The maximum absolute atomic E-state index is 5.99. The lowest BCUT2D eigenvalue weighted by atomic mass is 9.72. The molecule has 6 heteroatoms. The highest BCUT2D eigenvalue weighted by molar-refractivity contribution is 5.61. The van der Waals surface area contributed by atoms with Crippen molar-refractivity contribution in [2.45, 2.75) is 52.4 Å². The number of hydrogen-bond donors (Lipinski definition) is 1. The number of rotatable bonds is 7. The van der Waals surface area contributed by atoms with E-state index in [1.165, 1.54) is 48.2 Å². The summed E-state index contributed by atoms with van der Waals surface area (Å²) in [5.74, 6) is 1.35. The molecular weight excluding hydrogens is 434 g/mol. The van der Waals surface area contributed by atoms with Gasteiger partial charge in [0.15, 0.2) is 0 Å². The first-order valence-corrected chi connectivity index (χ1v) is 12.6. The Morgan fingerprint density at radius 1 is 1.00 bits per heavy atom. The van der Waals surface area contributed by atoms with Crippen molar-refractivity contribution < 1.29 is 4.74 Å². The van der Waals surface area contributed by atoms with Crippen LogP contribution in [0.1, 0.15) is 49.8 Å². The van der Waals surface area contributed by atoms with E-state index in [0.29, 0.717) is 12.6 Å². The van der Waals surface area contributed by atoms with Gasteiger partial charge in [-0.25, -0.2) is 4.98 Å². The molecule has 1 aliphatic carbocycles. The van der Waals surface area contributed by atoms with Crippen molar-refractivity contribution in [3.05, 3.63) is 69.9 Å². The van der Waals surface area contributed by atoms with Crippen LogP contribution in [0.25, 0.3) is 11.6 Å². The second-order valence-electron chi connectivity index (χ2n) is 10.2. The van der Waals surface area contributed by atoms with Crippen molar-refractivity contribution in [3.63, 3.8) is 0 Å². The fourth-order valence-electron chi connectivity index (χ4n) is 5.75. The predicted octanol–water partition coefficient (Wildman–Crippen LogP) is 4.02. The van der Waals surface area contributed by atoms with Gasteiger partial charge in [0.1, 0.15) is 17.7 Å². The van der Waals surface area contributed by atoms with E-state index in [1.54, 1.807) is 0 Å². The highest BCUT2D eigenvalue weighted by atomic mass is 16.5. The number of anilines is 2. The second kappa shape index (κ2) is 9.78. The van der Waals surface area contributed by atoms with E-state index in [4.69, 9.17) is 9.72 Å². The lowest BCUT2D eigenvalue weighted by Gasteiger charge is -2.32. The summed E-state index contributed by atoms with van der Waals surface area (Å²) in [5.41, 5.74) is 5.98. The molecule has 182 valence electrons. The van der Waals surface area contributed by atoms with Crippen molar-refractivity contribution in [2.75, 3.05) is 31.6 Å². The molecule has 1 N–H and O–H groups in total. The Bertz CT molecular complexity index is 1330. The number of nitrogens with zero attached hydrogens (tertiary/aromatic N) is 4. The largest absolute Gasteiger partial charge is 0.492 e. The minimum absolute atomic E-state index is 0.126. The number of hydrogen-bond acceptors (Lipinski definition) is 6. The molecule has 2 aliphatic rings. The van der Waals surface area contributed by atoms with Crippen LogP contribution in [-0.4, -0.2) is 46.3 Å². The standard InChI is InChI=1S/C29H35N5O/c1-20-9-7-10-21(2)26(20)29(4)18-22(3)27-25(19-29)32-33-28(31-27)30-23-11-8-12-24(17-23)35-16-15-34-13-5-6-14-34/h7-12,17,19H,5-6,13-16,18H2,1-4H3,(H,30,31). The van der Waals surface area contributed by atoms with Crippen molar-refractivity contribution >= 4 is 23.3 Å². The first-order chi connectivity index (χ1) is 16.9. The van der Waals surface area contributed by atoms with Crippen LogP contribution in [-0.2, 0) is 5.41 Å². The third-order valence-electron chi connectivity index (χ3n) is 7.22. The monoisotopic (exact) mass is 469 g/mol. The molecule has 1 fully saturated rings. The Morgan fingerprint density at radius 2 is 1.74 bits per heavy atom. The van der Waals surface area contributed by atoms with Gasteiger partial charge in [-0.2, -0.15) is 0 Å². The zero-order valence-corrected chi connectivity index (χ0v) is 21.3. The average Bonchev–Trinajstić information content (AvgIpc) is 3.33. The summed E-state index contributed by atoms with van der Waals surface area (Å²) in [6.45, 7) is 12.9. The third kappa shape index (κ3) is 5.08. The van der Waals surface area contributed by atoms with Crippen LogP contribution < -0.4 is 20.8 Å². The Kier molecular flexibility index (Phi) is 6.56. The van der Waals surface area contributed by atoms with Crippen LogP contribution in [0.3, 0.4) is 0 Å². The smallest absolute Gasteiger partial charge is 0.247 e. The van der Waals surface area contributed by atoms with Crippen molar-refractivity contribution in [2.24, 2.45) is 0 Å². The fraction of sp³-hybridized carbons (Fsp3) is 0.414. The predicted molar refractivity (Wildman–Crippen MR) is 141 cm³/mol. The Morgan fingerprint density at radius 3 is 2.51 bits per heavy atom. The SMILES string of the molecule is CC1=c2nc(Nc3cccc(OCCN4CCCC4)c3)nnc2=CC(C)(c2c(C)cccc2C)C1. The molecule has 0 spiro atoms. The molecule has 2 aromatic carbocycles. The van der Waals surface area contributed by atoms with E-state index in [0.717, 1.165) is 35.1 Å². The number of aromatic nitrogens is 3. The highest BCUT2D eigenvalue weighted by Gasteiger charge is 2.31. The molecule has 1 aliphatic heterocycles. The van der Waals surface area contributed by atoms with Crippen LogP contribution in [0.15, 0.2) is 42.5 Å². The molecular formula is C29H35N5O. The maximum Gasteiger partial charge on any atom is 0.247 e. The molecule has 5 rings (SSSR count). The van der Waals surface area contributed by atoms with Gasteiger partial charge in [-0.1, -0.05) is 31.2 Å². The fourth-order valence-corrected chi connectivity index (χ4v) is 5.75. The van der Waals surface area contributed by atoms with E-state index >= 15 is 0 Å². The van der Waals surface area contributed by atoms with Crippen molar-refractivity contribution in [1.82, 2.24) is 20.1 Å². The summed E-state index contributed by atoms with van der Waals surface area (Å²) in [6, 6.07) is 14.5. The molecule has 6 nitrogen and oxygen atoms in total. The molecule has 0 radical (unpaired) electrons. The van der Waals surface area contributed by atoms with Gasteiger partial charge in [0.25, 0.3) is 0 Å². The van der Waals surface area contributed by atoms with Gasteiger partial charge in [-0.3, -0.25) is 4.90 Å². The van der Waals surface area contributed by atoms with Crippen LogP contribution in [0.4, 0.5) is 11.6 Å². The number of aryl methyl sites for hydroxylation is 2. The number of nitrogens with one attached hydrogen (secondary N) is 1. The van der Waals surface area contributed by atoms with Crippen LogP contribution >= 0.6 is 0 Å². The Balaban J connectivity index is 1.35. The van der Waals surface area contributed by atoms with E-state index in [9.17, 15) is 0 Å². The van der Waals surface area contributed by atoms with Crippen LogP contribution in [0.2, 0.25) is 0 Å². The Hall–Kier alpha value is -3.25. The third-order valence-corrected chi connectivity index (χ3v) is 7.22. The molecule has 0 amide bonds. The summed E-state index contributed by atoms with van der Waals surface area (Å²) in [7, 11) is 0. The Labute approximate surface area is 207 Å². The molecule has 1 saturated heterocycles. The summed E-state index contributed by atoms with van der Waals surface area (Å²) in [6.07, 6.45) is 5.74. The zero-order valence-electron chi connectivity index (χ0n) is 21.3. The van der Waals surface area contributed by atoms with E-state index in [-0.39, 0.29) is 5.41 Å². The normalized spacial score (nSPS) is 19.8. The first-order valence-electron chi connectivity index (χ1n) is 12.6. The maximum atomic E-state index is 5.99. The van der Waals surface area contributed by atoms with Gasteiger partial charge in [-0.15, -0.1) is 10.2 Å². The molecule has 1 aromatic heterocycles. The topological polar surface area (TPSA) is 63.2 Å². The van der Waals surface area contributed by atoms with Crippen LogP contribution in [0, 0.1) is 13.8 Å². The number of benzene rings is 2. The molecule has 0 bridgehead atoms. The molecule has 2 heterocycles. The lowest BCUT2D eigenvalue weighted by Crippen LogP contribution is -2.42. The van der Waals surface area contributed by atoms with Gasteiger partial charge < -0.3 is 10.1 Å². The summed E-state index contributed by atoms with van der Waals surface area (Å²) < 4.78 is 5.99. The van der Waals surface area contributed by atoms with Crippen molar-refractivity contribution in [1.29, 1.82) is 0 Å². The number of likely N-dealkylation sites (tertiary alicyclic amines) is 1. The highest BCUT2D eigenvalue weighted by Crippen LogP contribution is 2.37. The summed E-state index contributed by atoms with van der Waals surface area (Å²) >= 11 is 0. The molecule has 1 atom stereocenters. The van der Waals surface area contributed by atoms with Gasteiger partial charge in [-0.05, 0) is 93.6 Å². The van der Waals surface area contributed by atoms with Gasteiger partial charge in [0.05, 0.1) is 5.35 Å². The van der Waals surface area contributed by atoms with Gasteiger partial charge in [0.2, 0.25) is 5.95 Å². The van der Waals surface area contributed by atoms with E-state index in [2.05, 4.69) is 72.4 Å². The van der Waals surface area contributed by atoms with Crippen LogP contribution in [0.5, 0.6) is 5.75 Å².